The summed E-state index contributed by atoms with van der Waals surface area (Å²) in [6, 6.07) is 14.5. The van der Waals surface area contributed by atoms with E-state index >= 15 is 0 Å². The van der Waals surface area contributed by atoms with Gasteiger partial charge in [-0.25, -0.2) is 4.79 Å². The highest BCUT2D eigenvalue weighted by atomic mass is 16.6. The third-order valence-corrected chi connectivity index (χ3v) is 8.41. The number of hydrogen-bond acceptors (Lipinski definition) is 4. The fraction of sp³-hybridized carbons (Fsp3) is 0.647. The van der Waals surface area contributed by atoms with Crippen LogP contribution in [0.4, 0.5) is 4.79 Å². The summed E-state index contributed by atoms with van der Waals surface area (Å²) in [5, 5.41) is 5.97. The molecule has 6 heteroatoms. The van der Waals surface area contributed by atoms with Crippen LogP contribution in [0.1, 0.15) is 84.1 Å². The molecule has 6 nitrogen and oxygen atoms in total. The fourth-order valence-corrected chi connectivity index (χ4v) is 6.31. The number of ether oxygens (including phenoxy) is 1. The van der Waals surface area contributed by atoms with Gasteiger partial charge in [0, 0.05) is 26.2 Å². The first-order chi connectivity index (χ1) is 19.3. The van der Waals surface area contributed by atoms with Gasteiger partial charge < -0.3 is 19.9 Å². The molecular weight excluding hydrogens is 498 g/mol. The lowest BCUT2D eigenvalue weighted by Crippen LogP contribution is -2.46. The lowest BCUT2D eigenvalue weighted by molar-refractivity contribution is -0.132. The summed E-state index contributed by atoms with van der Waals surface area (Å²) in [4.78, 5) is 30.4. The van der Waals surface area contributed by atoms with Crippen LogP contribution in [0.3, 0.4) is 0 Å². The van der Waals surface area contributed by atoms with Crippen molar-refractivity contribution in [1.82, 2.24) is 15.1 Å². The molecule has 1 saturated carbocycles. The molecule has 1 aliphatic heterocycles. The largest absolute Gasteiger partial charge is 0.444 e. The molecule has 4 rings (SSSR count). The van der Waals surface area contributed by atoms with Crippen LogP contribution >= 0.6 is 0 Å². The Hall–Kier alpha value is -2.60. The second-order valence-corrected chi connectivity index (χ2v) is 13.0. The molecule has 0 radical (unpaired) electrons. The third-order valence-electron chi connectivity index (χ3n) is 8.41. The number of likely N-dealkylation sites (tertiary alicyclic amines) is 1. The van der Waals surface area contributed by atoms with Crippen LogP contribution < -0.4 is 5.32 Å². The van der Waals surface area contributed by atoms with Crippen molar-refractivity contribution in [2.45, 2.75) is 90.6 Å². The van der Waals surface area contributed by atoms with Crippen LogP contribution in [0.5, 0.6) is 0 Å². The van der Waals surface area contributed by atoms with E-state index in [1.54, 1.807) is 0 Å². The number of piperidine rings is 1. The third kappa shape index (κ3) is 9.50. The number of fused-ring (bicyclic) bond motifs is 1. The van der Waals surface area contributed by atoms with Crippen molar-refractivity contribution in [3.05, 3.63) is 48.0 Å². The first-order valence-corrected chi connectivity index (χ1v) is 15.7. The van der Waals surface area contributed by atoms with Crippen molar-refractivity contribution < 1.29 is 14.3 Å². The quantitative estimate of drug-likeness (QED) is 0.313. The van der Waals surface area contributed by atoms with Gasteiger partial charge in [0.2, 0.25) is 5.91 Å². The lowest BCUT2D eigenvalue weighted by Gasteiger charge is -2.36. The summed E-state index contributed by atoms with van der Waals surface area (Å²) in [6.45, 7) is 10.7. The lowest BCUT2D eigenvalue weighted by atomic mass is 9.89. The maximum Gasteiger partial charge on any atom is 0.410 e. The molecule has 2 aromatic carbocycles. The minimum absolute atomic E-state index is 0.175. The van der Waals surface area contributed by atoms with E-state index in [0.29, 0.717) is 26.1 Å². The molecule has 220 valence electrons. The number of hydrogen-bond donors (Lipinski definition) is 1. The maximum atomic E-state index is 13.4. The number of rotatable bonds is 11. The first kappa shape index (κ1) is 30.4. The van der Waals surface area contributed by atoms with E-state index in [2.05, 4.69) is 29.6 Å². The predicted octanol–water partition coefficient (Wildman–Crippen LogP) is 6.81. The van der Waals surface area contributed by atoms with Crippen molar-refractivity contribution in [2.24, 2.45) is 11.8 Å². The Labute approximate surface area is 241 Å². The van der Waals surface area contributed by atoms with E-state index in [9.17, 15) is 9.59 Å². The monoisotopic (exact) mass is 549 g/mol. The number of carbonyl (C=O) groups is 2. The fourth-order valence-electron chi connectivity index (χ4n) is 6.31. The second-order valence-electron chi connectivity index (χ2n) is 13.0. The normalized spacial score (nSPS) is 18.6. The summed E-state index contributed by atoms with van der Waals surface area (Å²) in [7, 11) is 0. The average Bonchev–Trinajstić information content (AvgIpc) is 2.94. The Morgan fingerprint density at radius 2 is 1.70 bits per heavy atom. The van der Waals surface area contributed by atoms with Gasteiger partial charge in [0.15, 0.2) is 0 Å². The molecule has 1 atom stereocenters. The minimum atomic E-state index is -0.524. The van der Waals surface area contributed by atoms with E-state index in [1.807, 2.05) is 48.8 Å². The number of nitrogens with one attached hydrogen (secondary N) is 1. The number of amides is 2. The van der Waals surface area contributed by atoms with E-state index in [0.717, 1.165) is 62.2 Å². The smallest absolute Gasteiger partial charge is 0.410 e. The molecule has 2 aliphatic rings. The van der Waals surface area contributed by atoms with Crippen molar-refractivity contribution in [3.63, 3.8) is 0 Å². The Morgan fingerprint density at radius 3 is 2.50 bits per heavy atom. The number of benzene rings is 2. The number of unbranched alkanes of at least 4 members (excludes halogenated alkanes) is 1. The Bertz CT molecular complexity index is 1080. The van der Waals surface area contributed by atoms with Crippen molar-refractivity contribution in [2.75, 3.05) is 39.3 Å². The summed E-state index contributed by atoms with van der Waals surface area (Å²) in [6.07, 6.45) is 11.1. The van der Waals surface area contributed by atoms with Gasteiger partial charge in [-0.1, -0.05) is 61.7 Å². The molecule has 0 bridgehead atoms. The second kappa shape index (κ2) is 14.9. The Morgan fingerprint density at radius 1 is 0.950 bits per heavy atom. The van der Waals surface area contributed by atoms with E-state index in [1.165, 1.54) is 37.5 Å². The van der Waals surface area contributed by atoms with Gasteiger partial charge in [0.05, 0.1) is 6.42 Å². The molecular formula is C34H51N3O3. The van der Waals surface area contributed by atoms with Gasteiger partial charge in [0.25, 0.3) is 0 Å². The Kier molecular flexibility index (Phi) is 11.3. The summed E-state index contributed by atoms with van der Waals surface area (Å²) >= 11 is 0. The van der Waals surface area contributed by atoms with Crippen molar-refractivity contribution in [1.29, 1.82) is 0 Å². The first-order valence-electron chi connectivity index (χ1n) is 15.7. The average molecular weight is 550 g/mol. The molecule has 40 heavy (non-hydrogen) atoms. The highest BCUT2D eigenvalue weighted by Gasteiger charge is 2.29. The standard InChI is InChI=1S/C34H51N3O3/c1-34(2,3)40-33(39)37(21-10-9-20-35-24-27-13-5-4-6-14-27)26-28-15-12-22-36(25-28)32(38)23-30-18-11-17-29-16-7-8-19-31(29)30/h7-8,11,16-19,27-28,35H,4-6,9-10,12-15,20-26H2,1-3H3. The van der Waals surface area contributed by atoms with Gasteiger partial charge >= 0.3 is 6.09 Å². The molecule has 2 aromatic rings. The van der Waals surface area contributed by atoms with Crippen LogP contribution in [0.15, 0.2) is 42.5 Å². The minimum Gasteiger partial charge on any atom is -0.444 e. The summed E-state index contributed by atoms with van der Waals surface area (Å²) in [5.41, 5.74) is 0.557. The zero-order chi connectivity index (χ0) is 28.4. The molecule has 2 amide bonds. The summed E-state index contributed by atoms with van der Waals surface area (Å²) < 4.78 is 5.78. The molecule has 0 aromatic heterocycles. The van der Waals surface area contributed by atoms with Crippen LogP contribution in [0.25, 0.3) is 10.8 Å². The summed E-state index contributed by atoms with van der Waals surface area (Å²) in [5.74, 6) is 1.28. The number of carbonyl (C=O) groups excluding carboxylic acids is 2. The van der Waals surface area contributed by atoms with Crippen LogP contribution in [0.2, 0.25) is 0 Å². The molecule has 1 saturated heterocycles. The predicted molar refractivity (Wildman–Crippen MR) is 163 cm³/mol. The zero-order valence-electron chi connectivity index (χ0n) is 25.1. The molecule has 0 spiro atoms. The van der Waals surface area contributed by atoms with Crippen LogP contribution in [0, 0.1) is 11.8 Å². The molecule has 1 N–H and O–H groups in total. The van der Waals surface area contributed by atoms with Crippen LogP contribution in [-0.2, 0) is 16.0 Å². The van der Waals surface area contributed by atoms with Gasteiger partial charge in [-0.2, -0.15) is 0 Å². The topological polar surface area (TPSA) is 61.9 Å². The van der Waals surface area contributed by atoms with E-state index in [4.69, 9.17) is 4.74 Å². The molecule has 2 fully saturated rings. The zero-order valence-corrected chi connectivity index (χ0v) is 25.1. The Balaban J connectivity index is 1.28. The highest BCUT2D eigenvalue weighted by Crippen LogP contribution is 2.24. The van der Waals surface area contributed by atoms with Gasteiger partial charge in [-0.15, -0.1) is 0 Å². The molecule has 1 aliphatic carbocycles. The van der Waals surface area contributed by atoms with E-state index in [-0.39, 0.29) is 17.9 Å². The SMILES string of the molecule is CC(C)(C)OC(=O)N(CCCCNCC1CCCCC1)CC1CCCN(C(=O)Cc2cccc3ccccc23)C1. The van der Waals surface area contributed by atoms with Crippen molar-refractivity contribution >= 4 is 22.8 Å². The van der Waals surface area contributed by atoms with Gasteiger partial charge in [-0.05, 0) is 101 Å². The number of nitrogens with zero attached hydrogens (tertiary/aromatic N) is 2. The van der Waals surface area contributed by atoms with Gasteiger partial charge in [0.1, 0.15) is 5.60 Å². The highest BCUT2D eigenvalue weighted by molar-refractivity contribution is 5.90. The molecule has 1 heterocycles. The molecule has 1 unspecified atom stereocenters. The van der Waals surface area contributed by atoms with E-state index < -0.39 is 5.60 Å². The van der Waals surface area contributed by atoms with Crippen molar-refractivity contribution in [3.8, 4) is 0 Å². The maximum absolute atomic E-state index is 13.4. The van der Waals surface area contributed by atoms with Crippen LogP contribution in [-0.4, -0.2) is 66.7 Å². The van der Waals surface area contributed by atoms with Gasteiger partial charge in [-0.3, -0.25) is 4.79 Å².